The van der Waals surface area contributed by atoms with Gasteiger partial charge in [-0.1, -0.05) is 42.5 Å². The number of hydrogen-bond acceptors (Lipinski definition) is 6. The van der Waals surface area contributed by atoms with Crippen LogP contribution in [0.2, 0.25) is 0 Å². The molecule has 2 aliphatic rings. The minimum Gasteiger partial charge on any atom is -0.327 e. The number of aromatic nitrogens is 5. The predicted molar refractivity (Wildman–Crippen MR) is 186 cm³/mol. The van der Waals surface area contributed by atoms with E-state index < -0.39 is 26.6 Å². The standard InChI is InChI=1S/C36H35F3N6O4S/c1-23-17-25(29-19-32(46)43(28-11-15-42(3)16-12-28)22-30(29)24-7-5-4-6-8-24)9-13-35(23,2)50(48,49)45-31(18-26-10-14-40-34(47)33(26)45)27-20-41-44(21-27)36(37,38)39/h4-10,14,17-22,28H,11-13,15-16H2,1-3H3,(H,40,47). The summed E-state index contributed by atoms with van der Waals surface area (Å²) in [5.74, 6) is 0. The summed E-state index contributed by atoms with van der Waals surface area (Å²) in [5.41, 5.74) is 2.17. The fourth-order valence-corrected chi connectivity index (χ4v) is 8.99. The summed E-state index contributed by atoms with van der Waals surface area (Å²) in [4.78, 5) is 31.5. The van der Waals surface area contributed by atoms with Gasteiger partial charge in [0.2, 0.25) is 10.0 Å². The fraction of sp³-hybridized carbons (Fsp3) is 0.306. The van der Waals surface area contributed by atoms with Crippen LogP contribution in [-0.4, -0.2) is 61.5 Å². The molecule has 5 heterocycles. The Hall–Kier alpha value is -4.95. The maximum Gasteiger partial charge on any atom is 0.504 e. The number of benzene rings is 1. The summed E-state index contributed by atoms with van der Waals surface area (Å²) in [6, 6.07) is 14.2. The van der Waals surface area contributed by atoms with E-state index in [1.807, 2.05) is 41.1 Å². The third-order valence-electron chi connectivity index (χ3n) is 10.1. The predicted octanol–water partition coefficient (Wildman–Crippen LogP) is 6.14. The molecule has 5 aromatic rings. The lowest BCUT2D eigenvalue weighted by atomic mass is 9.85. The highest BCUT2D eigenvalue weighted by atomic mass is 32.2. The van der Waals surface area contributed by atoms with Gasteiger partial charge in [0.15, 0.2) is 0 Å². The normalized spacial score (nSPS) is 19.5. The van der Waals surface area contributed by atoms with Crippen molar-refractivity contribution in [3.8, 4) is 22.4 Å². The monoisotopic (exact) mass is 704 g/mol. The highest BCUT2D eigenvalue weighted by molar-refractivity contribution is 7.91. The minimum absolute atomic E-state index is 0.0368. The summed E-state index contributed by atoms with van der Waals surface area (Å²) in [6.07, 6.45) is 5.19. The topological polar surface area (TPSA) is 115 Å². The lowest BCUT2D eigenvalue weighted by Gasteiger charge is -2.34. The van der Waals surface area contributed by atoms with Crippen molar-refractivity contribution >= 4 is 26.5 Å². The van der Waals surface area contributed by atoms with E-state index in [1.54, 1.807) is 25.1 Å². The van der Waals surface area contributed by atoms with Crippen molar-refractivity contribution in [3.63, 3.8) is 0 Å². The van der Waals surface area contributed by atoms with Crippen molar-refractivity contribution < 1.29 is 21.6 Å². The highest BCUT2D eigenvalue weighted by Gasteiger charge is 2.45. The summed E-state index contributed by atoms with van der Waals surface area (Å²) in [6.45, 7) is 4.97. The molecule has 4 aromatic heterocycles. The zero-order valence-corrected chi connectivity index (χ0v) is 28.4. The van der Waals surface area contributed by atoms with Crippen LogP contribution in [-0.2, 0) is 16.3 Å². The Morgan fingerprint density at radius 3 is 2.36 bits per heavy atom. The number of alkyl halides is 3. The van der Waals surface area contributed by atoms with Crippen molar-refractivity contribution in [1.82, 2.24) is 28.2 Å². The summed E-state index contributed by atoms with van der Waals surface area (Å²) in [5, 5.41) is 3.63. The van der Waals surface area contributed by atoms with Crippen molar-refractivity contribution in [3.05, 3.63) is 117 Å². The van der Waals surface area contributed by atoms with Gasteiger partial charge in [-0.25, -0.2) is 12.4 Å². The Labute approximate surface area is 285 Å². The van der Waals surface area contributed by atoms with Gasteiger partial charge in [-0.2, -0.15) is 9.78 Å². The average molecular weight is 705 g/mol. The molecular formula is C36H35F3N6O4S. The second-order valence-corrected chi connectivity index (χ2v) is 15.4. The van der Waals surface area contributed by atoms with E-state index in [2.05, 4.69) is 22.0 Å². The van der Waals surface area contributed by atoms with E-state index in [0.717, 1.165) is 47.2 Å². The number of piperidine rings is 1. The first kappa shape index (κ1) is 33.5. The Kier molecular flexibility index (Phi) is 8.14. The highest BCUT2D eigenvalue weighted by Crippen LogP contribution is 2.43. The van der Waals surface area contributed by atoms with Crippen molar-refractivity contribution in [2.24, 2.45) is 0 Å². The number of rotatable bonds is 6. The quantitative estimate of drug-likeness (QED) is 0.227. The van der Waals surface area contributed by atoms with Crippen molar-refractivity contribution in [2.75, 3.05) is 20.1 Å². The van der Waals surface area contributed by atoms with Gasteiger partial charge < -0.3 is 14.5 Å². The first-order valence-corrected chi connectivity index (χ1v) is 17.6. The molecule has 1 fully saturated rings. The number of H-pyrrole nitrogens is 1. The Morgan fingerprint density at radius 1 is 0.980 bits per heavy atom. The van der Waals surface area contributed by atoms with Gasteiger partial charge in [0.1, 0.15) is 10.3 Å². The van der Waals surface area contributed by atoms with Gasteiger partial charge in [-0.05, 0) is 87.7 Å². The second kappa shape index (κ2) is 12.1. The van der Waals surface area contributed by atoms with Crippen LogP contribution in [0.15, 0.2) is 101 Å². The average Bonchev–Trinajstić information content (AvgIpc) is 3.74. The molecule has 0 spiro atoms. The lowest BCUT2D eigenvalue weighted by molar-refractivity contribution is -0.212. The van der Waals surface area contributed by atoms with Crippen LogP contribution in [0.5, 0.6) is 0 Å². The largest absolute Gasteiger partial charge is 0.504 e. The molecule has 1 N–H and O–H groups in total. The van der Waals surface area contributed by atoms with E-state index in [-0.39, 0.29) is 44.9 Å². The molecule has 0 amide bonds. The third kappa shape index (κ3) is 5.56. The Balaban J connectivity index is 1.33. The van der Waals surface area contributed by atoms with Gasteiger partial charge in [-0.3, -0.25) is 9.59 Å². The zero-order chi connectivity index (χ0) is 35.6. The van der Waals surface area contributed by atoms with Crippen LogP contribution in [0.4, 0.5) is 13.2 Å². The van der Waals surface area contributed by atoms with E-state index in [4.69, 9.17) is 0 Å². The number of nitrogens with one attached hydrogen (secondary N) is 1. The summed E-state index contributed by atoms with van der Waals surface area (Å²) in [7, 11) is -2.46. The molecule has 50 heavy (non-hydrogen) atoms. The van der Waals surface area contributed by atoms with E-state index in [9.17, 15) is 31.2 Å². The van der Waals surface area contributed by atoms with Gasteiger partial charge in [-0.15, -0.1) is 13.2 Å². The smallest absolute Gasteiger partial charge is 0.327 e. The number of likely N-dealkylation sites (tertiary alicyclic amines) is 1. The van der Waals surface area contributed by atoms with Crippen LogP contribution in [0.25, 0.3) is 38.9 Å². The Morgan fingerprint density at radius 2 is 1.70 bits per heavy atom. The number of nitrogens with zero attached hydrogens (tertiary/aromatic N) is 5. The van der Waals surface area contributed by atoms with Crippen molar-refractivity contribution in [2.45, 2.75) is 50.2 Å². The Bertz CT molecular complexity index is 2410. The molecule has 1 aromatic carbocycles. The molecule has 1 aliphatic carbocycles. The zero-order valence-electron chi connectivity index (χ0n) is 27.6. The molecule has 14 heteroatoms. The third-order valence-corrected chi connectivity index (χ3v) is 12.6. The van der Waals surface area contributed by atoms with Crippen LogP contribution in [0.3, 0.4) is 0 Å². The maximum absolute atomic E-state index is 14.8. The molecule has 1 atom stereocenters. The summed E-state index contributed by atoms with van der Waals surface area (Å²) < 4.78 is 70.9. The molecule has 1 saturated heterocycles. The van der Waals surface area contributed by atoms with Crippen LogP contribution >= 0.6 is 0 Å². The molecule has 0 bridgehead atoms. The molecule has 1 aliphatic heterocycles. The molecule has 0 saturated carbocycles. The molecule has 0 radical (unpaired) electrons. The lowest BCUT2D eigenvalue weighted by Crippen LogP contribution is -2.42. The van der Waals surface area contributed by atoms with E-state index >= 15 is 0 Å². The first-order valence-electron chi connectivity index (χ1n) is 16.2. The van der Waals surface area contributed by atoms with Crippen molar-refractivity contribution in [1.29, 1.82) is 0 Å². The van der Waals surface area contributed by atoms with Crippen LogP contribution < -0.4 is 11.1 Å². The van der Waals surface area contributed by atoms with E-state index in [0.29, 0.717) is 22.9 Å². The molecular weight excluding hydrogens is 669 g/mol. The number of hydrogen-bond donors (Lipinski definition) is 1. The minimum atomic E-state index is -4.83. The van der Waals surface area contributed by atoms with Gasteiger partial charge in [0, 0.05) is 47.2 Å². The number of fused-ring (bicyclic) bond motifs is 1. The van der Waals surface area contributed by atoms with Crippen LogP contribution in [0, 0.1) is 0 Å². The van der Waals surface area contributed by atoms with Gasteiger partial charge in [0.25, 0.3) is 11.1 Å². The maximum atomic E-state index is 14.8. The number of allylic oxidation sites excluding steroid dienone is 3. The summed E-state index contributed by atoms with van der Waals surface area (Å²) >= 11 is 0. The fourth-order valence-electron chi connectivity index (χ4n) is 6.98. The first-order chi connectivity index (χ1) is 23.7. The molecule has 1 unspecified atom stereocenters. The van der Waals surface area contributed by atoms with Crippen LogP contribution in [0.1, 0.15) is 44.7 Å². The number of pyridine rings is 2. The second-order valence-electron chi connectivity index (χ2n) is 13.2. The number of halogens is 3. The number of aromatic amines is 1. The van der Waals surface area contributed by atoms with Gasteiger partial charge in [0.05, 0.1) is 11.9 Å². The van der Waals surface area contributed by atoms with E-state index in [1.165, 1.54) is 25.3 Å². The van der Waals surface area contributed by atoms with Gasteiger partial charge >= 0.3 is 6.30 Å². The molecule has 7 rings (SSSR count). The molecule has 260 valence electrons. The molecule has 10 nitrogen and oxygen atoms in total. The SMILES string of the molecule is CC1=CC(c2cc(=O)n(C3CCN(C)CC3)cc2-c2ccccc2)=CCC1(C)S(=O)(=O)n1c(-c2cnn(C(F)(F)F)c2)cc2cc[nH]c(=O)c21.